The van der Waals surface area contributed by atoms with Crippen LogP contribution in [0.2, 0.25) is 0 Å². The van der Waals surface area contributed by atoms with Crippen molar-refractivity contribution in [2.45, 2.75) is 0 Å². The Morgan fingerprint density at radius 2 is 0.773 bits per heavy atom. The van der Waals surface area contributed by atoms with E-state index in [1.807, 2.05) is 12.1 Å². The quantitative estimate of drug-likeness (QED) is 0.144. The van der Waals surface area contributed by atoms with Gasteiger partial charge in [0, 0.05) is 33.3 Å². The number of fused-ring (bicyclic) bond motifs is 4. The smallest absolute Gasteiger partial charge is 0.143 e. The summed E-state index contributed by atoms with van der Waals surface area (Å²) in [4.78, 5) is 2.41. The highest BCUT2D eigenvalue weighted by atomic mass is 16.3. The fourth-order valence-corrected chi connectivity index (χ4v) is 9.76. The van der Waals surface area contributed by atoms with Gasteiger partial charge in [-0.1, -0.05) is 218 Å². The maximum Gasteiger partial charge on any atom is 0.143 e. The van der Waals surface area contributed by atoms with Gasteiger partial charge in [-0.2, -0.15) is 0 Å². The minimum Gasteiger partial charge on any atom is -0.455 e. The molecule has 0 fully saturated rings. The molecule has 0 N–H and O–H groups in total. The van der Waals surface area contributed by atoms with Crippen molar-refractivity contribution in [3.63, 3.8) is 0 Å². The second-order valence-corrected chi connectivity index (χ2v) is 16.8. The predicted octanol–water partition coefficient (Wildman–Crippen LogP) is 18.2. The number of anilines is 3. The minimum absolute atomic E-state index is 0.897. The van der Waals surface area contributed by atoms with Gasteiger partial charge in [-0.05, 0) is 109 Å². The van der Waals surface area contributed by atoms with Crippen LogP contribution in [0.3, 0.4) is 0 Å². The van der Waals surface area contributed by atoms with E-state index in [4.69, 9.17) is 4.42 Å². The summed E-state index contributed by atoms with van der Waals surface area (Å²) in [6.45, 7) is 0. The first kappa shape index (κ1) is 38.9. The maximum absolute atomic E-state index is 6.51. The van der Waals surface area contributed by atoms with Crippen molar-refractivity contribution in [3.8, 4) is 66.8 Å². The second kappa shape index (κ2) is 16.8. The number of hydrogen-bond acceptors (Lipinski definition) is 2. The first-order valence-corrected chi connectivity index (χ1v) is 22.6. The van der Waals surface area contributed by atoms with Crippen LogP contribution in [0.5, 0.6) is 0 Å². The Morgan fingerprint density at radius 1 is 0.273 bits per heavy atom. The Morgan fingerprint density at radius 3 is 1.53 bits per heavy atom. The summed E-state index contributed by atoms with van der Waals surface area (Å²) >= 11 is 0. The predicted molar refractivity (Wildman–Crippen MR) is 279 cm³/mol. The molecule has 12 aromatic rings. The van der Waals surface area contributed by atoms with Crippen LogP contribution in [0.15, 0.2) is 265 Å². The molecule has 0 spiro atoms. The number of rotatable bonds is 9. The van der Waals surface area contributed by atoms with Gasteiger partial charge in [0.1, 0.15) is 11.2 Å². The molecule has 0 amide bonds. The summed E-state index contributed by atoms with van der Waals surface area (Å²) in [6.07, 6.45) is 0. The lowest BCUT2D eigenvalue weighted by molar-refractivity contribution is 0.670. The van der Waals surface area contributed by atoms with Crippen molar-refractivity contribution in [2.24, 2.45) is 0 Å². The summed E-state index contributed by atoms with van der Waals surface area (Å²) in [5.74, 6) is 0. The SMILES string of the molecule is c1ccc(-c2ccccc2-c2c(-c3ccccc3)cccc2-c2ccccc2N(c2ccc(-c3ccc4ccccc4c3)cc2)c2ccc(-c3cccc4c3oc3ccccc34)cc2)cc1. The first-order chi connectivity index (χ1) is 32.7. The van der Waals surface area contributed by atoms with E-state index >= 15 is 0 Å². The van der Waals surface area contributed by atoms with Gasteiger partial charge in [-0.15, -0.1) is 0 Å². The topological polar surface area (TPSA) is 16.4 Å². The molecule has 0 aliphatic heterocycles. The molecular formula is C64H43NO. The average molecular weight is 842 g/mol. The van der Waals surface area contributed by atoms with Gasteiger partial charge in [-0.25, -0.2) is 0 Å². The van der Waals surface area contributed by atoms with Gasteiger partial charge < -0.3 is 9.32 Å². The van der Waals surface area contributed by atoms with Crippen molar-refractivity contribution >= 4 is 49.8 Å². The van der Waals surface area contributed by atoms with Crippen LogP contribution in [0, 0.1) is 0 Å². The number of para-hydroxylation sites is 3. The largest absolute Gasteiger partial charge is 0.455 e. The van der Waals surface area contributed by atoms with E-state index in [2.05, 4.69) is 254 Å². The van der Waals surface area contributed by atoms with E-state index in [-0.39, 0.29) is 0 Å². The molecule has 0 unspecified atom stereocenters. The number of hydrogen-bond donors (Lipinski definition) is 0. The average Bonchev–Trinajstić information content (AvgIpc) is 3.79. The third kappa shape index (κ3) is 7.02. The normalized spacial score (nSPS) is 11.3. The van der Waals surface area contributed by atoms with Crippen LogP contribution in [0.25, 0.3) is 99.5 Å². The Bertz CT molecular complexity index is 3680. The fourth-order valence-electron chi connectivity index (χ4n) is 9.76. The Hall–Kier alpha value is -8.72. The Kier molecular flexibility index (Phi) is 9.89. The second-order valence-electron chi connectivity index (χ2n) is 16.8. The highest BCUT2D eigenvalue weighted by molar-refractivity contribution is 6.10. The number of benzene rings is 11. The molecule has 1 aromatic heterocycles. The molecule has 0 saturated heterocycles. The van der Waals surface area contributed by atoms with E-state index in [0.29, 0.717) is 0 Å². The third-order valence-electron chi connectivity index (χ3n) is 12.9. The highest BCUT2D eigenvalue weighted by Gasteiger charge is 2.23. The van der Waals surface area contributed by atoms with Crippen LogP contribution in [0.1, 0.15) is 0 Å². The van der Waals surface area contributed by atoms with Gasteiger partial charge in [0.25, 0.3) is 0 Å². The highest BCUT2D eigenvalue weighted by Crippen LogP contribution is 2.49. The molecule has 11 aromatic carbocycles. The molecule has 1 heterocycles. The van der Waals surface area contributed by atoms with Crippen LogP contribution in [-0.2, 0) is 0 Å². The number of nitrogens with zero attached hydrogens (tertiary/aromatic N) is 1. The van der Waals surface area contributed by atoms with Crippen molar-refractivity contribution in [1.82, 2.24) is 0 Å². The fraction of sp³-hybridized carbons (Fsp3) is 0. The van der Waals surface area contributed by atoms with E-state index in [9.17, 15) is 0 Å². The van der Waals surface area contributed by atoms with E-state index in [1.54, 1.807) is 0 Å². The lowest BCUT2D eigenvalue weighted by atomic mass is 9.84. The van der Waals surface area contributed by atoms with Crippen LogP contribution < -0.4 is 4.90 Å². The van der Waals surface area contributed by atoms with Gasteiger partial charge in [0.05, 0.1) is 5.69 Å². The van der Waals surface area contributed by atoms with Crippen molar-refractivity contribution in [3.05, 3.63) is 261 Å². The van der Waals surface area contributed by atoms with Crippen molar-refractivity contribution < 1.29 is 4.42 Å². The van der Waals surface area contributed by atoms with Crippen LogP contribution in [-0.4, -0.2) is 0 Å². The maximum atomic E-state index is 6.51. The molecule has 0 saturated carbocycles. The minimum atomic E-state index is 0.897. The van der Waals surface area contributed by atoms with Gasteiger partial charge >= 0.3 is 0 Å². The monoisotopic (exact) mass is 841 g/mol. The summed E-state index contributed by atoms with van der Waals surface area (Å²) < 4.78 is 6.51. The molecule has 0 aliphatic rings. The number of furan rings is 1. The van der Waals surface area contributed by atoms with Crippen molar-refractivity contribution in [1.29, 1.82) is 0 Å². The van der Waals surface area contributed by atoms with Crippen LogP contribution >= 0.6 is 0 Å². The van der Waals surface area contributed by atoms with Gasteiger partial charge in [-0.3, -0.25) is 0 Å². The zero-order chi connectivity index (χ0) is 43.8. The molecule has 2 heteroatoms. The van der Waals surface area contributed by atoms with E-state index in [0.717, 1.165) is 61.3 Å². The summed E-state index contributed by atoms with van der Waals surface area (Å²) in [7, 11) is 0. The molecular weight excluding hydrogens is 799 g/mol. The summed E-state index contributed by atoms with van der Waals surface area (Å²) in [5.41, 5.74) is 18.9. The van der Waals surface area contributed by atoms with Gasteiger partial charge in [0.2, 0.25) is 0 Å². The van der Waals surface area contributed by atoms with Gasteiger partial charge in [0.15, 0.2) is 0 Å². The van der Waals surface area contributed by atoms with E-state index < -0.39 is 0 Å². The van der Waals surface area contributed by atoms with Crippen LogP contribution in [0.4, 0.5) is 17.1 Å². The molecule has 2 nitrogen and oxygen atoms in total. The molecule has 0 atom stereocenters. The summed E-state index contributed by atoms with van der Waals surface area (Å²) in [6, 6.07) is 94.0. The molecule has 66 heavy (non-hydrogen) atoms. The zero-order valence-electron chi connectivity index (χ0n) is 36.2. The Balaban J connectivity index is 1.05. The Labute approximate surface area is 384 Å². The standard InChI is InChI=1S/C64H43NO/c1-3-18-46(19-4-1)53-23-9-10-26-58(53)63-54(47-20-5-2-6-21-47)27-15-29-59(63)56-24-11-13-31-61(56)65(51-39-35-45(36-40-51)50-34-33-44-17-7-8-22-49(44)43-50)52-41-37-48(38-42-52)55-28-16-30-60-57-25-12-14-32-62(57)66-64(55)60/h1-43H. The lowest BCUT2D eigenvalue weighted by Crippen LogP contribution is -2.11. The first-order valence-electron chi connectivity index (χ1n) is 22.6. The van der Waals surface area contributed by atoms with E-state index in [1.165, 1.54) is 55.3 Å². The zero-order valence-corrected chi connectivity index (χ0v) is 36.2. The molecule has 0 bridgehead atoms. The molecule has 0 radical (unpaired) electrons. The third-order valence-corrected chi connectivity index (χ3v) is 12.9. The molecule has 310 valence electrons. The van der Waals surface area contributed by atoms with Crippen molar-refractivity contribution in [2.75, 3.05) is 4.90 Å². The summed E-state index contributed by atoms with van der Waals surface area (Å²) in [5, 5.41) is 4.72. The molecule has 0 aliphatic carbocycles. The lowest BCUT2D eigenvalue weighted by Gasteiger charge is -2.29. The molecule has 12 rings (SSSR count).